The minimum atomic E-state index is -0.258. The van der Waals surface area contributed by atoms with Gasteiger partial charge in [-0.25, -0.2) is 0 Å². The third kappa shape index (κ3) is 4.44. The van der Waals surface area contributed by atoms with Crippen molar-refractivity contribution in [2.75, 3.05) is 5.32 Å². The third-order valence-electron chi connectivity index (χ3n) is 4.18. The van der Waals surface area contributed by atoms with E-state index in [0.29, 0.717) is 5.56 Å². The van der Waals surface area contributed by atoms with E-state index in [2.05, 4.69) is 36.4 Å². The average molecular weight is 337 g/mol. The Hall–Kier alpha value is -2.69. The molecular formula is C20H23N3O2. The highest BCUT2D eigenvalue weighted by molar-refractivity contribution is 6.05. The second-order valence-corrected chi connectivity index (χ2v) is 7.46. The van der Waals surface area contributed by atoms with E-state index >= 15 is 0 Å². The van der Waals surface area contributed by atoms with Gasteiger partial charge in [0, 0.05) is 23.5 Å². The first-order valence-corrected chi connectivity index (χ1v) is 8.52. The van der Waals surface area contributed by atoms with Gasteiger partial charge in [0.25, 0.3) is 11.8 Å². The van der Waals surface area contributed by atoms with Gasteiger partial charge in [0.15, 0.2) is 0 Å². The molecule has 3 rings (SSSR count). The Balaban J connectivity index is 1.69. The van der Waals surface area contributed by atoms with Crippen molar-refractivity contribution >= 4 is 17.5 Å². The molecule has 2 amide bonds. The number of anilines is 1. The molecule has 0 atom stereocenters. The molecule has 0 spiro atoms. The number of rotatable bonds is 4. The van der Waals surface area contributed by atoms with Gasteiger partial charge in [-0.15, -0.1) is 0 Å². The van der Waals surface area contributed by atoms with E-state index in [1.165, 1.54) is 17.8 Å². The highest BCUT2D eigenvalue weighted by Gasteiger charge is 2.24. The fourth-order valence-electron chi connectivity index (χ4n) is 2.44. The summed E-state index contributed by atoms with van der Waals surface area (Å²) in [5.74, 6) is -0.488. The number of aromatic nitrogens is 1. The van der Waals surface area contributed by atoms with Crippen LogP contribution in [0, 0.1) is 0 Å². The fourth-order valence-corrected chi connectivity index (χ4v) is 2.44. The molecule has 0 radical (unpaired) electrons. The standard InChI is InChI=1S/C20H23N3O2/c1-20(2,3)14-4-6-15(7-5-14)22-18(24)13-10-11-21-17(12-13)19(25)23-16-8-9-16/h4-7,10-12,16H,8-9H2,1-3H3,(H,22,24)(H,23,25). The topological polar surface area (TPSA) is 71.1 Å². The van der Waals surface area contributed by atoms with Crippen molar-refractivity contribution in [3.05, 3.63) is 59.4 Å². The van der Waals surface area contributed by atoms with Crippen molar-refractivity contribution < 1.29 is 9.59 Å². The van der Waals surface area contributed by atoms with E-state index in [9.17, 15) is 9.59 Å². The van der Waals surface area contributed by atoms with Gasteiger partial charge in [-0.3, -0.25) is 14.6 Å². The maximum atomic E-state index is 12.4. The minimum Gasteiger partial charge on any atom is -0.348 e. The van der Waals surface area contributed by atoms with Gasteiger partial charge in [0.2, 0.25) is 0 Å². The number of carbonyl (C=O) groups excluding carboxylic acids is 2. The molecule has 2 N–H and O–H groups in total. The molecule has 0 saturated heterocycles. The van der Waals surface area contributed by atoms with Gasteiger partial charge in [-0.2, -0.15) is 0 Å². The summed E-state index contributed by atoms with van der Waals surface area (Å²) in [5.41, 5.74) is 2.67. The van der Waals surface area contributed by atoms with Crippen LogP contribution < -0.4 is 10.6 Å². The Kier molecular flexibility index (Phi) is 4.57. The molecule has 1 saturated carbocycles. The van der Waals surface area contributed by atoms with Gasteiger partial charge >= 0.3 is 0 Å². The van der Waals surface area contributed by atoms with Crippen molar-refractivity contribution in [1.82, 2.24) is 10.3 Å². The molecule has 1 aromatic heterocycles. The lowest BCUT2D eigenvalue weighted by atomic mass is 9.87. The predicted molar refractivity (Wildman–Crippen MR) is 97.8 cm³/mol. The molecule has 25 heavy (non-hydrogen) atoms. The number of carbonyl (C=O) groups is 2. The molecule has 0 unspecified atom stereocenters. The fraction of sp³-hybridized carbons (Fsp3) is 0.350. The first kappa shape index (κ1) is 17.1. The Morgan fingerprint density at radius 2 is 1.72 bits per heavy atom. The number of nitrogens with one attached hydrogen (secondary N) is 2. The molecular weight excluding hydrogens is 314 g/mol. The van der Waals surface area contributed by atoms with Crippen LogP contribution in [-0.4, -0.2) is 22.8 Å². The maximum Gasteiger partial charge on any atom is 0.270 e. The average Bonchev–Trinajstić information content (AvgIpc) is 3.38. The largest absolute Gasteiger partial charge is 0.348 e. The molecule has 1 heterocycles. The monoisotopic (exact) mass is 337 g/mol. The van der Waals surface area contributed by atoms with E-state index in [1.54, 1.807) is 6.07 Å². The highest BCUT2D eigenvalue weighted by atomic mass is 16.2. The van der Waals surface area contributed by atoms with Crippen LogP contribution in [0.3, 0.4) is 0 Å². The van der Waals surface area contributed by atoms with Gasteiger partial charge in [0.05, 0.1) is 0 Å². The Labute approximate surface area is 147 Å². The summed E-state index contributed by atoms with van der Waals surface area (Å²) >= 11 is 0. The lowest BCUT2D eigenvalue weighted by molar-refractivity contribution is 0.0946. The summed E-state index contributed by atoms with van der Waals surface area (Å²) < 4.78 is 0. The van der Waals surface area contributed by atoms with E-state index in [1.807, 2.05) is 24.3 Å². The molecule has 2 aromatic rings. The zero-order valence-corrected chi connectivity index (χ0v) is 14.8. The summed E-state index contributed by atoms with van der Waals surface area (Å²) in [6.45, 7) is 6.43. The molecule has 1 fully saturated rings. The summed E-state index contributed by atoms with van der Waals surface area (Å²) in [5, 5.41) is 5.73. The normalized spacial score (nSPS) is 14.0. The highest BCUT2D eigenvalue weighted by Crippen LogP contribution is 2.23. The summed E-state index contributed by atoms with van der Waals surface area (Å²) in [6.07, 6.45) is 3.51. The second kappa shape index (κ2) is 6.67. The van der Waals surface area contributed by atoms with Gasteiger partial charge in [-0.1, -0.05) is 32.9 Å². The Bertz CT molecular complexity index is 787. The van der Waals surface area contributed by atoms with Crippen LogP contribution in [0.15, 0.2) is 42.6 Å². The van der Waals surface area contributed by atoms with Crippen LogP contribution in [-0.2, 0) is 5.41 Å². The lowest BCUT2D eigenvalue weighted by Crippen LogP contribution is -2.26. The smallest absolute Gasteiger partial charge is 0.270 e. The van der Waals surface area contributed by atoms with E-state index in [4.69, 9.17) is 0 Å². The van der Waals surface area contributed by atoms with E-state index in [-0.39, 0.29) is 29.0 Å². The van der Waals surface area contributed by atoms with Crippen molar-refractivity contribution in [3.8, 4) is 0 Å². The zero-order chi connectivity index (χ0) is 18.0. The molecule has 1 aromatic carbocycles. The van der Waals surface area contributed by atoms with Crippen molar-refractivity contribution in [1.29, 1.82) is 0 Å². The van der Waals surface area contributed by atoms with Crippen LogP contribution >= 0.6 is 0 Å². The molecule has 1 aliphatic carbocycles. The number of hydrogen-bond donors (Lipinski definition) is 2. The SMILES string of the molecule is CC(C)(C)c1ccc(NC(=O)c2ccnc(C(=O)NC3CC3)c2)cc1. The Morgan fingerprint density at radius 1 is 1.04 bits per heavy atom. The third-order valence-corrected chi connectivity index (χ3v) is 4.18. The molecule has 5 nitrogen and oxygen atoms in total. The Morgan fingerprint density at radius 3 is 2.32 bits per heavy atom. The quantitative estimate of drug-likeness (QED) is 0.896. The van der Waals surface area contributed by atoms with Crippen molar-refractivity contribution in [2.24, 2.45) is 0 Å². The first-order chi connectivity index (χ1) is 11.8. The van der Waals surface area contributed by atoms with Gasteiger partial charge in [0.1, 0.15) is 5.69 Å². The molecule has 0 aliphatic heterocycles. The summed E-state index contributed by atoms with van der Waals surface area (Å²) in [7, 11) is 0. The van der Waals surface area contributed by atoms with Crippen LogP contribution in [0.4, 0.5) is 5.69 Å². The number of nitrogens with zero attached hydrogens (tertiary/aromatic N) is 1. The number of pyridine rings is 1. The summed E-state index contributed by atoms with van der Waals surface area (Å²) in [6, 6.07) is 11.2. The molecule has 130 valence electrons. The van der Waals surface area contributed by atoms with Crippen LogP contribution in [0.1, 0.15) is 60.0 Å². The number of benzene rings is 1. The van der Waals surface area contributed by atoms with Crippen molar-refractivity contribution in [2.45, 2.75) is 45.1 Å². The van der Waals surface area contributed by atoms with Gasteiger partial charge < -0.3 is 10.6 Å². The van der Waals surface area contributed by atoms with Crippen LogP contribution in [0.2, 0.25) is 0 Å². The van der Waals surface area contributed by atoms with Crippen LogP contribution in [0.25, 0.3) is 0 Å². The number of amides is 2. The zero-order valence-electron chi connectivity index (χ0n) is 14.8. The van der Waals surface area contributed by atoms with Gasteiger partial charge in [-0.05, 0) is 48.1 Å². The van der Waals surface area contributed by atoms with E-state index in [0.717, 1.165) is 18.5 Å². The molecule has 1 aliphatic rings. The first-order valence-electron chi connectivity index (χ1n) is 8.52. The van der Waals surface area contributed by atoms with E-state index < -0.39 is 0 Å². The minimum absolute atomic E-state index is 0.0669. The van der Waals surface area contributed by atoms with Crippen molar-refractivity contribution in [3.63, 3.8) is 0 Å². The molecule has 5 heteroatoms. The van der Waals surface area contributed by atoms with Crippen LogP contribution in [0.5, 0.6) is 0 Å². The molecule has 0 bridgehead atoms. The second-order valence-electron chi connectivity index (χ2n) is 7.46. The predicted octanol–water partition coefficient (Wildman–Crippen LogP) is 3.52. The lowest BCUT2D eigenvalue weighted by Gasteiger charge is -2.19. The number of hydrogen-bond acceptors (Lipinski definition) is 3. The maximum absolute atomic E-state index is 12.4. The summed E-state index contributed by atoms with van der Waals surface area (Å²) in [4.78, 5) is 28.5.